The van der Waals surface area contributed by atoms with Crippen LogP contribution < -0.4 is 10.6 Å². The van der Waals surface area contributed by atoms with Gasteiger partial charge in [0.15, 0.2) is 6.04 Å². The van der Waals surface area contributed by atoms with Gasteiger partial charge < -0.3 is 10.6 Å². The molecular weight excluding hydrogens is 312 g/mol. The molecule has 4 nitrogen and oxygen atoms in total. The van der Waals surface area contributed by atoms with Gasteiger partial charge in [-0.05, 0) is 44.2 Å². The Balaban J connectivity index is 2.01. The highest BCUT2D eigenvalue weighted by Crippen LogP contribution is 2.15. The first-order valence-corrected chi connectivity index (χ1v) is 7.51. The number of nitriles is 1. The maximum Gasteiger partial charge on any atom is 0.282 e. The molecule has 0 aromatic heterocycles. The van der Waals surface area contributed by atoms with Crippen LogP contribution in [0.1, 0.15) is 31.0 Å². The maximum atomic E-state index is 13.8. The second-order valence-electron chi connectivity index (χ2n) is 5.62. The number of anilines is 1. The van der Waals surface area contributed by atoms with Gasteiger partial charge in [-0.15, -0.1) is 0 Å². The van der Waals surface area contributed by atoms with Gasteiger partial charge in [-0.3, -0.25) is 4.79 Å². The van der Waals surface area contributed by atoms with Crippen molar-refractivity contribution in [1.82, 2.24) is 0 Å². The minimum Gasteiger partial charge on any atom is -0.330 e. The van der Waals surface area contributed by atoms with E-state index in [0.717, 1.165) is 6.07 Å². The third-order valence-electron chi connectivity index (χ3n) is 3.70. The van der Waals surface area contributed by atoms with Crippen LogP contribution in [0.4, 0.5) is 14.5 Å². The van der Waals surface area contributed by atoms with Gasteiger partial charge in [0.25, 0.3) is 5.91 Å². The number of carbonyl (C=O) groups is 1. The fourth-order valence-corrected chi connectivity index (χ4v) is 2.42. The number of hydrogen-bond donors (Lipinski definition) is 2. The van der Waals surface area contributed by atoms with Gasteiger partial charge in [0.2, 0.25) is 0 Å². The minimum atomic E-state index is -0.633. The molecule has 2 rings (SSSR count). The summed E-state index contributed by atoms with van der Waals surface area (Å²) in [5.41, 5.74) is 1.31. The topological polar surface area (TPSA) is 69.5 Å². The first-order valence-electron chi connectivity index (χ1n) is 7.51. The smallest absolute Gasteiger partial charge is 0.282 e. The molecule has 0 radical (unpaired) electrons. The van der Waals surface area contributed by atoms with E-state index in [4.69, 9.17) is 5.26 Å². The molecular formula is C18H18F2N3O+. The van der Waals surface area contributed by atoms with E-state index in [0.29, 0.717) is 16.8 Å². The number of carbonyl (C=O) groups excluding carboxylic acids is 1. The van der Waals surface area contributed by atoms with Gasteiger partial charge >= 0.3 is 0 Å². The van der Waals surface area contributed by atoms with E-state index in [1.165, 1.54) is 12.1 Å². The lowest BCUT2D eigenvalue weighted by atomic mass is 10.1. The van der Waals surface area contributed by atoms with Crippen LogP contribution in [0.5, 0.6) is 0 Å². The lowest BCUT2D eigenvalue weighted by Gasteiger charge is -2.17. The predicted molar refractivity (Wildman–Crippen MR) is 85.9 cm³/mol. The summed E-state index contributed by atoms with van der Waals surface area (Å²) in [6, 6.07) is 11.2. The summed E-state index contributed by atoms with van der Waals surface area (Å²) in [4.78, 5) is 12.2. The third-order valence-corrected chi connectivity index (χ3v) is 3.70. The van der Waals surface area contributed by atoms with E-state index < -0.39 is 17.7 Å². The fourth-order valence-electron chi connectivity index (χ4n) is 2.42. The lowest BCUT2D eigenvalue weighted by Crippen LogP contribution is -2.91. The molecule has 24 heavy (non-hydrogen) atoms. The number of nitrogens with one attached hydrogen (secondary N) is 1. The standard InChI is InChI=1S/C18H17F2N3O/c1-11(16-7-6-14(19)9-17(16)20)22-12(2)18(24)23-15-5-3-4-13(8-15)10-21/h3-9,11-12,22H,1-2H3,(H,23,24)/p+1/t11-,12-/m1/s1. The molecule has 6 heteroatoms. The Hall–Kier alpha value is -2.78. The Bertz CT molecular complexity index is 786. The van der Waals surface area contributed by atoms with Gasteiger partial charge in [-0.1, -0.05) is 6.07 Å². The Morgan fingerprint density at radius 2 is 1.96 bits per heavy atom. The molecule has 124 valence electrons. The van der Waals surface area contributed by atoms with Gasteiger partial charge in [0.1, 0.15) is 17.7 Å². The number of rotatable bonds is 5. The van der Waals surface area contributed by atoms with Crippen LogP contribution in [0.25, 0.3) is 0 Å². The zero-order valence-electron chi connectivity index (χ0n) is 13.4. The van der Waals surface area contributed by atoms with E-state index in [9.17, 15) is 13.6 Å². The zero-order valence-corrected chi connectivity index (χ0v) is 13.4. The summed E-state index contributed by atoms with van der Waals surface area (Å²) in [7, 11) is 0. The molecule has 0 aliphatic rings. The molecule has 0 fully saturated rings. The van der Waals surface area contributed by atoms with Gasteiger partial charge in [-0.2, -0.15) is 5.26 Å². The molecule has 3 N–H and O–H groups in total. The van der Waals surface area contributed by atoms with Gasteiger partial charge in [0, 0.05) is 17.3 Å². The van der Waals surface area contributed by atoms with Crippen molar-refractivity contribution in [3.05, 3.63) is 65.2 Å². The number of halogens is 2. The van der Waals surface area contributed by atoms with Gasteiger partial charge in [0.05, 0.1) is 11.6 Å². The van der Waals surface area contributed by atoms with Crippen molar-refractivity contribution in [2.24, 2.45) is 0 Å². The Morgan fingerprint density at radius 3 is 2.62 bits per heavy atom. The molecule has 2 aromatic rings. The molecule has 0 aliphatic heterocycles. The normalized spacial score (nSPS) is 13.0. The van der Waals surface area contributed by atoms with Crippen LogP contribution in [0.3, 0.4) is 0 Å². The van der Waals surface area contributed by atoms with Crippen molar-refractivity contribution in [3.63, 3.8) is 0 Å². The largest absolute Gasteiger partial charge is 0.330 e. The van der Waals surface area contributed by atoms with Gasteiger partial charge in [-0.25, -0.2) is 8.78 Å². The summed E-state index contributed by atoms with van der Waals surface area (Å²) in [5.74, 6) is -1.53. The first kappa shape index (κ1) is 17.6. The number of nitrogens with zero attached hydrogens (tertiary/aromatic N) is 1. The lowest BCUT2D eigenvalue weighted by molar-refractivity contribution is -0.710. The Labute approximate surface area is 139 Å². The molecule has 2 atom stereocenters. The van der Waals surface area contributed by atoms with Crippen molar-refractivity contribution >= 4 is 11.6 Å². The maximum absolute atomic E-state index is 13.8. The van der Waals surface area contributed by atoms with Crippen LogP contribution in [0.15, 0.2) is 42.5 Å². The van der Waals surface area contributed by atoms with Crippen molar-refractivity contribution in [3.8, 4) is 6.07 Å². The van der Waals surface area contributed by atoms with Crippen molar-refractivity contribution in [2.45, 2.75) is 25.9 Å². The van der Waals surface area contributed by atoms with Crippen LogP contribution >= 0.6 is 0 Å². The monoisotopic (exact) mass is 330 g/mol. The second kappa shape index (κ2) is 7.66. The average molecular weight is 330 g/mol. The molecule has 0 saturated heterocycles. The molecule has 2 aromatic carbocycles. The van der Waals surface area contributed by atoms with Crippen molar-refractivity contribution in [1.29, 1.82) is 5.26 Å². The van der Waals surface area contributed by atoms with E-state index in [1.807, 2.05) is 6.07 Å². The summed E-state index contributed by atoms with van der Waals surface area (Å²) in [6.45, 7) is 3.44. The number of amides is 1. The highest BCUT2D eigenvalue weighted by atomic mass is 19.1. The summed E-state index contributed by atoms with van der Waals surface area (Å²) in [6.07, 6.45) is 0. The van der Waals surface area contributed by atoms with Crippen LogP contribution in [-0.4, -0.2) is 11.9 Å². The van der Waals surface area contributed by atoms with Crippen molar-refractivity contribution < 1.29 is 18.9 Å². The molecule has 0 saturated carbocycles. The summed E-state index contributed by atoms with van der Waals surface area (Å²) >= 11 is 0. The summed E-state index contributed by atoms with van der Waals surface area (Å²) < 4.78 is 26.8. The second-order valence-corrected chi connectivity index (χ2v) is 5.62. The molecule has 0 unspecified atom stereocenters. The molecule has 0 spiro atoms. The molecule has 0 bridgehead atoms. The Kier molecular flexibility index (Phi) is 5.61. The van der Waals surface area contributed by atoms with Crippen molar-refractivity contribution in [2.75, 3.05) is 5.32 Å². The highest BCUT2D eigenvalue weighted by molar-refractivity contribution is 5.93. The minimum absolute atomic E-state index is 0.264. The zero-order chi connectivity index (χ0) is 17.7. The van der Waals surface area contributed by atoms with E-state index >= 15 is 0 Å². The number of quaternary nitrogens is 1. The van der Waals surface area contributed by atoms with Crippen LogP contribution in [-0.2, 0) is 4.79 Å². The first-order chi connectivity index (χ1) is 11.4. The average Bonchev–Trinajstić information content (AvgIpc) is 2.54. The SMILES string of the molecule is C[C@@H]([NH2+][C@H](C)c1ccc(F)cc1F)C(=O)Nc1cccc(C#N)c1. The quantitative estimate of drug-likeness (QED) is 0.884. The number of benzene rings is 2. The summed E-state index contributed by atoms with van der Waals surface area (Å²) in [5, 5.41) is 13.3. The third kappa shape index (κ3) is 4.37. The number of hydrogen-bond acceptors (Lipinski definition) is 2. The molecule has 0 heterocycles. The molecule has 0 aliphatic carbocycles. The van der Waals surface area contributed by atoms with Crippen LogP contribution in [0.2, 0.25) is 0 Å². The van der Waals surface area contributed by atoms with Crippen LogP contribution in [0, 0.1) is 23.0 Å². The van der Waals surface area contributed by atoms with E-state index in [-0.39, 0.29) is 11.9 Å². The molecule has 1 amide bonds. The van der Waals surface area contributed by atoms with E-state index in [1.54, 1.807) is 43.4 Å². The highest BCUT2D eigenvalue weighted by Gasteiger charge is 2.22. The Morgan fingerprint density at radius 1 is 1.21 bits per heavy atom. The predicted octanol–water partition coefficient (Wildman–Crippen LogP) is 2.49. The fraction of sp³-hybridized carbons (Fsp3) is 0.222. The number of nitrogens with two attached hydrogens (primary N) is 1. The van der Waals surface area contributed by atoms with E-state index in [2.05, 4.69) is 5.32 Å².